The minimum Gasteiger partial charge on any atom is -0.358 e. The average Bonchev–Trinajstić information content (AvgIpc) is 3.02. The van der Waals surface area contributed by atoms with Crippen LogP contribution in [0.5, 0.6) is 0 Å². The third kappa shape index (κ3) is 3.62. The van der Waals surface area contributed by atoms with Crippen LogP contribution in [0.15, 0.2) is 30.0 Å². The molecule has 5 nitrogen and oxygen atoms in total. The van der Waals surface area contributed by atoms with Crippen molar-refractivity contribution < 1.29 is 13.2 Å². The first-order valence-electron chi connectivity index (χ1n) is 8.10. The molecule has 2 aromatic rings. The lowest BCUT2D eigenvalue weighted by Crippen LogP contribution is -2.11. The molecule has 1 aliphatic rings. The zero-order valence-corrected chi connectivity index (χ0v) is 14.7. The first-order chi connectivity index (χ1) is 12.9. The number of allylic oxidation sites excluding steroid dienone is 1. The highest BCUT2D eigenvalue weighted by Crippen LogP contribution is 2.39. The summed E-state index contributed by atoms with van der Waals surface area (Å²) in [6.45, 7) is 0. The Kier molecular flexibility index (Phi) is 5.11. The van der Waals surface area contributed by atoms with Crippen molar-refractivity contribution in [3.63, 3.8) is 0 Å². The molecule has 0 radical (unpaired) electrons. The fraction of sp³-hybridized carbons (Fsp3) is 0.278. The van der Waals surface area contributed by atoms with Crippen LogP contribution in [0.25, 0.3) is 5.69 Å². The molecule has 0 spiro atoms. The normalized spacial score (nSPS) is 13.3. The van der Waals surface area contributed by atoms with Gasteiger partial charge in [0.25, 0.3) is 0 Å². The molecule has 1 aromatic carbocycles. The van der Waals surface area contributed by atoms with Crippen molar-refractivity contribution in [2.75, 3.05) is 5.32 Å². The lowest BCUT2D eigenvalue weighted by Gasteiger charge is -2.17. The van der Waals surface area contributed by atoms with Gasteiger partial charge in [-0.25, -0.2) is 4.68 Å². The number of hydrogen-bond acceptors (Lipinski definition) is 4. The first kappa shape index (κ1) is 18.8. The van der Waals surface area contributed by atoms with Crippen LogP contribution in [0.2, 0.25) is 5.02 Å². The number of nitriles is 2. The molecule has 1 N–H and O–H groups in total. The molecular formula is C18H13ClF3N5. The lowest BCUT2D eigenvalue weighted by molar-refractivity contribution is -0.142. The van der Waals surface area contributed by atoms with Gasteiger partial charge in [0, 0.05) is 17.5 Å². The molecule has 0 unspecified atom stereocenters. The van der Waals surface area contributed by atoms with E-state index in [4.69, 9.17) is 22.1 Å². The molecule has 0 atom stereocenters. The molecule has 0 saturated heterocycles. The van der Waals surface area contributed by atoms with Gasteiger partial charge in [0.1, 0.15) is 23.4 Å². The fourth-order valence-electron chi connectivity index (χ4n) is 3.10. The van der Waals surface area contributed by atoms with Gasteiger partial charge in [-0.1, -0.05) is 17.7 Å². The highest BCUT2D eigenvalue weighted by Gasteiger charge is 2.40. The summed E-state index contributed by atoms with van der Waals surface area (Å²) in [5, 5.41) is 24.5. The van der Waals surface area contributed by atoms with E-state index in [0.29, 0.717) is 30.6 Å². The number of nitrogens with one attached hydrogen (secondary N) is 1. The maximum absolute atomic E-state index is 13.4. The van der Waals surface area contributed by atoms with E-state index in [2.05, 4.69) is 10.4 Å². The maximum atomic E-state index is 13.4. The Morgan fingerprint density at radius 3 is 2.59 bits per heavy atom. The average molecular weight is 392 g/mol. The van der Waals surface area contributed by atoms with Gasteiger partial charge in [-0.05, 0) is 37.8 Å². The molecule has 1 heterocycles. The van der Waals surface area contributed by atoms with Crippen LogP contribution >= 0.6 is 11.6 Å². The minimum atomic E-state index is -4.56. The molecule has 1 aliphatic carbocycles. The van der Waals surface area contributed by atoms with Gasteiger partial charge >= 0.3 is 6.18 Å². The van der Waals surface area contributed by atoms with E-state index in [1.54, 1.807) is 30.3 Å². The van der Waals surface area contributed by atoms with E-state index in [0.717, 1.165) is 6.42 Å². The number of anilines is 1. The summed E-state index contributed by atoms with van der Waals surface area (Å²) in [6, 6.07) is 8.16. The van der Waals surface area contributed by atoms with Gasteiger partial charge in [0.2, 0.25) is 0 Å². The molecule has 0 aliphatic heterocycles. The summed E-state index contributed by atoms with van der Waals surface area (Å²) in [7, 11) is 0. The van der Waals surface area contributed by atoms with E-state index < -0.39 is 11.9 Å². The van der Waals surface area contributed by atoms with Crippen molar-refractivity contribution in [3.8, 4) is 17.8 Å². The zero-order valence-electron chi connectivity index (χ0n) is 13.9. The summed E-state index contributed by atoms with van der Waals surface area (Å²) in [5.74, 6) is 0. The monoisotopic (exact) mass is 391 g/mol. The van der Waals surface area contributed by atoms with E-state index in [1.807, 2.05) is 0 Å². The van der Waals surface area contributed by atoms with Crippen LogP contribution in [-0.2, 0) is 19.0 Å². The maximum Gasteiger partial charge on any atom is 0.435 e. The Bertz CT molecular complexity index is 976. The van der Waals surface area contributed by atoms with Gasteiger partial charge in [-0.3, -0.25) is 0 Å². The zero-order chi connectivity index (χ0) is 19.6. The second-order valence-corrected chi connectivity index (χ2v) is 6.36. The molecule has 27 heavy (non-hydrogen) atoms. The predicted octanol–water partition coefficient (Wildman–Crippen LogP) is 4.77. The van der Waals surface area contributed by atoms with Crippen LogP contribution in [0.3, 0.4) is 0 Å². The van der Waals surface area contributed by atoms with Gasteiger partial charge in [0.05, 0.1) is 10.7 Å². The first-order valence-corrected chi connectivity index (χ1v) is 8.48. The lowest BCUT2D eigenvalue weighted by atomic mass is 9.95. The number of hydrogen-bond donors (Lipinski definition) is 1. The Morgan fingerprint density at radius 1 is 1.22 bits per heavy atom. The Morgan fingerprint density at radius 2 is 1.93 bits per heavy atom. The van der Waals surface area contributed by atoms with Crippen molar-refractivity contribution in [3.05, 3.63) is 51.9 Å². The SMILES string of the molecule is N#CC(C#N)=CNc1cccc(Cl)c1-n1nc(C(F)(F)F)c2c1CCCC2. The van der Waals surface area contributed by atoms with Crippen molar-refractivity contribution in [2.24, 2.45) is 0 Å². The largest absolute Gasteiger partial charge is 0.435 e. The van der Waals surface area contributed by atoms with Crippen LogP contribution in [0.1, 0.15) is 29.8 Å². The number of alkyl halides is 3. The molecule has 3 rings (SSSR count). The predicted molar refractivity (Wildman–Crippen MR) is 93.1 cm³/mol. The smallest absolute Gasteiger partial charge is 0.358 e. The van der Waals surface area contributed by atoms with Crippen LogP contribution in [0.4, 0.5) is 18.9 Å². The molecule has 0 amide bonds. The molecule has 0 fully saturated rings. The van der Waals surface area contributed by atoms with Gasteiger partial charge in [0.15, 0.2) is 5.69 Å². The van der Waals surface area contributed by atoms with Gasteiger partial charge < -0.3 is 5.32 Å². The number of para-hydroxylation sites is 1. The number of fused-ring (bicyclic) bond motifs is 1. The molecular weight excluding hydrogens is 379 g/mol. The molecule has 1 aromatic heterocycles. The standard InChI is InChI=1S/C18H13ClF3N5/c19-13-5-3-6-14(25-10-11(8-23)9-24)16(13)27-15-7-2-1-4-12(15)17(26-27)18(20,21)22/h3,5-6,10,25H,1-2,4,7H2. The van der Waals surface area contributed by atoms with Gasteiger partial charge in [-0.15, -0.1) is 0 Å². The molecule has 9 heteroatoms. The van der Waals surface area contributed by atoms with Crippen LogP contribution < -0.4 is 5.32 Å². The Balaban J connectivity index is 2.18. The van der Waals surface area contributed by atoms with Gasteiger partial charge in [-0.2, -0.15) is 28.8 Å². The topological polar surface area (TPSA) is 77.4 Å². The number of aromatic nitrogens is 2. The minimum absolute atomic E-state index is 0.181. The Hall–Kier alpha value is -2.97. The highest BCUT2D eigenvalue weighted by molar-refractivity contribution is 6.33. The number of nitrogens with zero attached hydrogens (tertiary/aromatic N) is 4. The third-order valence-electron chi connectivity index (χ3n) is 4.26. The summed E-state index contributed by atoms with van der Waals surface area (Å²) in [5.41, 5.74) is 0.196. The second kappa shape index (κ2) is 7.34. The summed E-state index contributed by atoms with van der Waals surface area (Å²) >= 11 is 6.28. The third-order valence-corrected chi connectivity index (χ3v) is 4.57. The number of halogens is 4. The van der Waals surface area contributed by atoms with E-state index in [9.17, 15) is 13.2 Å². The quantitative estimate of drug-likeness (QED) is 0.765. The van der Waals surface area contributed by atoms with E-state index in [1.165, 1.54) is 10.9 Å². The van der Waals surface area contributed by atoms with Crippen molar-refractivity contribution >= 4 is 17.3 Å². The molecule has 0 bridgehead atoms. The number of rotatable bonds is 3. The molecule has 0 saturated carbocycles. The fourth-order valence-corrected chi connectivity index (χ4v) is 3.35. The van der Waals surface area contributed by atoms with Crippen molar-refractivity contribution in [2.45, 2.75) is 31.9 Å². The summed E-state index contributed by atoms with van der Waals surface area (Å²) < 4.78 is 41.6. The summed E-state index contributed by atoms with van der Waals surface area (Å²) in [6.07, 6.45) is -1.18. The van der Waals surface area contributed by atoms with Crippen LogP contribution in [-0.4, -0.2) is 9.78 Å². The van der Waals surface area contributed by atoms with Crippen LogP contribution in [0, 0.1) is 22.7 Å². The summed E-state index contributed by atoms with van der Waals surface area (Å²) in [4.78, 5) is 0. The second-order valence-electron chi connectivity index (χ2n) is 5.95. The Labute approximate surface area is 158 Å². The highest BCUT2D eigenvalue weighted by atomic mass is 35.5. The van der Waals surface area contributed by atoms with Crippen molar-refractivity contribution in [1.29, 1.82) is 10.5 Å². The number of benzene rings is 1. The molecule has 138 valence electrons. The van der Waals surface area contributed by atoms with Crippen molar-refractivity contribution in [1.82, 2.24) is 9.78 Å². The van der Waals surface area contributed by atoms with E-state index in [-0.39, 0.29) is 21.8 Å². The van der Waals surface area contributed by atoms with E-state index >= 15 is 0 Å².